The molecule has 0 saturated heterocycles. The van der Waals surface area contributed by atoms with Gasteiger partial charge in [0.1, 0.15) is 6.04 Å². The minimum atomic E-state index is -3.43. The van der Waals surface area contributed by atoms with Crippen LogP contribution in [0.1, 0.15) is 30.5 Å². The van der Waals surface area contributed by atoms with E-state index in [4.69, 9.17) is 34.8 Å². The Morgan fingerprint density at radius 2 is 1.38 bits per heavy atom. The number of nitro groups is 1. The number of hydrogen-bond acceptors (Lipinski definition) is 3. The van der Waals surface area contributed by atoms with Gasteiger partial charge in [0.2, 0.25) is 17.1 Å². The first-order valence-electron chi connectivity index (χ1n) is 9.96. The molecule has 0 fully saturated rings. The second kappa shape index (κ2) is 10.4. The van der Waals surface area contributed by atoms with Crippen molar-refractivity contribution in [2.24, 2.45) is 0 Å². The average molecular weight is 512 g/mol. The molecule has 0 saturated carbocycles. The molecule has 0 amide bonds. The van der Waals surface area contributed by atoms with Crippen LogP contribution in [0.25, 0.3) is 0 Å². The summed E-state index contributed by atoms with van der Waals surface area (Å²) in [7, 11) is -3.43. The third-order valence-electron chi connectivity index (χ3n) is 5.23. The zero-order valence-corrected chi connectivity index (χ0v) is 20.4. The average Bonchev–Trinajstić information content (AvgIpc) is 2.79. The number of alkyl halides is 3. The summed E-state index contributed by atoms with van der Waals surface area (Å²) in [5, 5.41) is 16.3. The minimum absolute atomic E-state index is 0.237. The van der Waals surface area contributed by atoms with E-state index < -0.39 is 23.2 Å². The van der Waals surface area contributed by atoms with Crippen LogP contribution in [0.4, 0.5) is 0 Å². The first kappa shape index (κ1) is 24.8. The van der Waals surface area contributed by atoms with Gasteiger partial charge in [0.15, 0.2) is 0 Å². The number of nitrogens with zero attached hydrogens (tertiary/aromatic N) is 1. The Morgan fingerprint density at radius 1 is 0.906 bits per heavy atom. The highest BCUT2D eigenvalue weighted by Gasteiger charge is 2.38. The van der Waals surface area contributed by atoms with E-state index in [1.165, 1.54) is 0 Å². The van der Waals surface area contributed by atoms with E-state index in [1.807, 2.05) is 12.1 Å². The van der Waals surface area contributed by atoms with E-state index in [1.54, 1.807) is 79.7 Å². The molecule has 0 spiro atoms. The lowest BCUT2D eigenvalue weighted by Gasteiger charge is -2.29. The maximum Gasteiger partial charge on any atom is 0.232 e. The first-order valence-corrected chi connectivity index (χ1v) is 12.8. The van der Waals surface area contributed by atoms with Crippen LogP contribution < -0.4 is 15.7 Å². The molecule has 0 aliphatic rings. The van der Waals surface area contributed by atoms with Crippen LogP contribution in [0.3, 0.4) is 0 Å². The molecule has 3 aromatic rings. The quantitative estimate of drug-likeness (QED) is 0.171. The van der Waals surface area contributed by atoms with Crippen LogP contribution in [0.15, 0.2) is 84.9 Å². The van der Waals surface area contributed by atoms with Gasteiger partial charge in [-0.1, -0.05) is 102 Å². The van der Waals surface area contributed by atoms with E-state index >= 15 is 0 Å². The van der Waals surface area contributed by atoms with Crippen LogP contribution in [0.5, 0.6) is 0 Å². The number of rotatable bonds is 8. The van der Waals surface area contributed by atoms with Crippen molar-refractivity contribution in [2.45, 2.75) is 29.2 Å². The molecule has 0 bridgehead atoms. The van der Waals surface area contributed by atoms with E-state index in [0.717, 1.165) is 0 Å². The Morgan fingerprint density at radius 3 is 1.75 bits per heavy atom. The molecule has 168 valence electrons. The van der Waals surface area contributed by atoms with E-state index in [0.29, 0.717) is 21.7 Å². The monoisotopic (exact) mass is 510 g/mol. The summed E-state index contributed by atoms with van der Waals surface area (Å²) in [6.45, 7) is 1.73. The summed E-state index contributed by atoms with van der Waals surface area (Å²) >= 11 is 17.9. The van der Waals surface area contributed by atoms with E-state index in [2.05, 4.69) is 5.09 Å². The lowest BCUT2D eigenvalue weighted by atomic mass is 9.98. The molecule has 0 heterocycles. The molecule has 3 aromatic carbocycles. The molecule has 2 atom stereocenters. The maximum absolute atomic E-state index is 14.5. The Balaban J connectivity index is 2.13. The molecular weight excluding hydrogens is 490 g/mol. The van der Waals surface area contributed by atoms with Gasteiger partial charge in [-0.05, 0) is 29.8 Å². The predicted octanol–water partition coefficient (Wildman–Crippen LogP) is 6.13. The lowest BCUT2D eigenvalue weighted by molar-refractivity contribution is -0.527. The van der Waals surface area contributed by atoms with Gasteiger partial charge in [-0.25, -0.2) is 5.09 Å². The molecule has 3 rings (SSSR count). The van der Waals surface area contributed by atoms with Gasteiger partial charge < -0.3 is 0 Å². The Labute approximate surface area is 202 Å². The standard InChI is InChI=1S/C23H22Cl3N2O3P/c1-2-21(28(29)30)22(17-13-15-18(16-14-17)23(24,25)26)27-32(31,19-9-5-3-6-10-19)20-11-7-4-8-12-20/h3-16,21-22H,2H2,1H3,(H,27,31). The van der Waals surface area contributed by atoms with Crippen LogP contribution in [-0.2, 0) is 8.36 Å². The van der Waals surface area contributed by atoms with E-state index in [9.17, 15) is 14.7 Å². The van der Waals surface area contributed by atoms with Crippen LogP contribution in [0, 0.1) is 10.1 Å². The second-order valence-electron chi connectivity index (χ2n) is 7.27. The highest BCUT2D eigenvalue weighted by atomic mass is 35.6. The predicted molar refractivity (Wildman–Crippen MR) is 132 cm³/mol. The van der Waals surface area contributed by atoms with Crippen molar-refractivity contribution in [1.82, 2.24) is 5.09 Å². The second-order valence-corrected chi connectivity index (χ2v) is 12.1. The normalized spacial score (nSPS) is 14.0. The fourth-order valence-electron chi connectivity index (χ4n) is 3.54. The zero-order chi connectivity index (χ0) is 23.4. The fraction of sp³-hybridized carbons (Fsp3) is 0.217. The number of halogens is 3. The fourth-order valence-corrected chi connectivity index (χ4v) is 6.41. The van der Waals surface area contributed by atoms with E-state index in [-0.39, 0.29) is 11.3 Å². The molecule has 32 heavy (non-hydrogen) atoms. The highest BCUT2D eigenvalue weighted by molar-refractivity contribution is 7.76. The van der Waals surface area contributed by atoms with Gasteiger partial charge in [0, 0.05) is 27.5 Å². The van der Waals surface area contributed by atoms with Crippen molar-refractivity contribution in [3.05, 3.63) is 106 Å². The highest BCUT2D eigenvalue weighted by Crippen LogP contribution is 2.44. The lowest BCUT2D eigenvalue weighted by Crippen LogP contribution is -2.39. The van der Waals surface area contributed by atoms with Crippen molar-refractivity contribution in [3.8, 4) is 0 Å². The molecule has 5 nitrogen and oxygen atoms in total. The van der Waals surface area contributed by atoms with Gasteiger partial charge in [0.25, 0.3) is 0 Å². The third-order valence-corrected chi connectivity index (χ3v) is 8.58. The van der Waals surface area contributed by atoms with Crippen molar-refractivity contribution >= 4 is 52.7 Å². The van der Waals surface area contributed by atoms with Crippen LogP contribution in [0.2, 0.25) is 0 Å². The largest absolute Gasteiger partial charge is 0.296 e. The Bertz CT molecular complexity index is 1050. The number of hydrogen-bond donors (Lipinski definition) is 1. The van der Waals surface area contributed by atoms with Gasteiger partial charge in [-0.2, -0.15) is 0 Å². The third kappa shape index (κ3) is 5.54. The maximum atomic E-state index is 14.5. The van der Waals surface area contributed by atoms with Crippen LogP contribution >= 0.6 is 42.1 Å². The number of benzene rings is 3. The molecular formula is C23H22Cl3N2O3P. The summed E-state index contributed by atoms with van der Waals surface area (Å²) in [5.74, 6) is 0. The molecule has 0 aliphatic carbocycles. The first-order chi connectivity index (χ1) is 15.2. The summed E-state index contributed by atoms with van der Waals surface area (Å²) < 4.78 is 12.9. The molecule has 0 aliphatic heterocycles. The van der Waals surface area contributed by atoms with Gasteiger partial charge in [0.05, 0.1) is 0 Å². The Hall–Kier alpha value is -1.88. The smallest absolute Gasteiger partial charge is 0.232 e. The molecule has 0 aromatic heterocycles. The van der Waals surface area contributed by atoms with Crippen molar-refractivity contribution < 1.29 is 9.49 Å². The van der Waals surface area contributed by atoms with Crippen LogP contribution in [-0.4, -0.2) is 11.0 Å². The molecule has 1 N–H and O–H groups in total. The summed E-state index contributed by atoms with van der Waals surface area (Å²) in [4.78, 5) is 11.6. The van der Waals surface area contributed by atoms with Crippen molar-refractivity contribution in [1.29, 1.82) is 0 Å². The van der Waals surface area contributed by atoms with Gasteiger partial charge in [-0.3, -0.25) is 14.7 Å². The van der Waals surface area contributed by atoms with Gasteiger partial charge in [-0.15, -0.1) is 0 Å². The minimum Gasteiger partial charge on any atom is -0.296 e. The topological polar surface area (TPSA) is 72.2 Å². The SMILES string of the molecule is CCC(C(NP(=O)(c1ccccc1)c1ccccc1)c1ccc(C(Cl)(Cl)Cl)cc1)[N+](=O)[O-]. The molecule has 9 heteroatoms. The summed E-state index contributed by atoms with van der Waals surface area (Å²) in [6, 6.07) is 22.6. The summed E-state index contributed by atoms with van der Waals surface area (Å²) in [5.41, 5.74) is 1.02. The molecule has 0 radical (unpaired) electrons. The molecule has 2 unspecified atom stereocenters. The number of nitrogens with one attached hydrogen (secondary N) is 1. The zero-order valence-electron chi connectivity index (χ0n) is 17.2. The Kier molecular flexibility index (Phi) is 8.02. The van der Waals surface area contributed by atoms with Crippen molar-refractivity contribution in [2.75, 3.05) is 0 Å². The van der Waals surface area contributed by atoms with Crippen molar-refractivity contribution in [3.63, 3.8) is 0 Å². The summed E-state index contributed by atoms with van der Waals surface area (Å²) in [6.07, 6.45) is 0.237. The van der Waals surface area contributed by atoms with Gasteiger partial charge >= 0.3 is 0 Å².